The number of aromatic nitrogens is 3. The van der Waals surface area contributed by atoms with Crippen molar-refractivity contribution in [2.75, 3.05) is 32.1 Å². The maximum atomic E-state index is 12.9. The summed E-state index contributed by atoms with van der Waals surface area (Å²) in [5.41, 5.74) is 2.31. The summed E-state index contributed by atoms with van der Waals surface area (Å²) in [6.07, 6.45) is 3.88. The Bertz CT molecular complexity index is 934. The van der Waals surface area contributed by atoms with Crippen molar-refractivity contribution in [1.82, 2.24) is 19.9 Å². The predicted molar refractivity (Wildman–Crippen MR) is 106 cm³/mol. The number of anilines is 1. The highest BCUT2D eigenvalue weighted by Gasteiger charge is 2.45. The van der Waals surface area contributed by atoms with E-state index in [-0.39, 0.29) is 16.9 Å². The normalized spacial score (nSPS) is 21.5. The Morgan fingerprint density at radius 3 is 2.89 bits per heavy atom. The molecule has 1 N–H and O–H groups in total. The summed E-state index contributed by atoms with van der Waals surface area (Å²) < 4.78 is 0. The number of nitrogens with zero attached hydrogens (tertiary/aromatic N) is 4. The number of hydrogen-bond acceptors (Lipinski definition) is 6. The minimum Gasteiger partial charge on any atom is -0.348 e. The molecule has 1 saturated heterocycles. The quantitative estimate of drug-likeness (QED) is 0.866. The fourth-order valence-electron chi connectivity index (χ4n) is 4.35. The Morgan fingerprint density at radius 1 is 1.37 bits per heavy atom. The molecule has 0 radical (unpaired) electrons. The number of aromatic amines is 1. The first kappa shape index (κ1) is 18.2. The Morgan fingerprint density at radius 2 is 2.19 bits per heavy atom. The number of fused-ring (bicyclic) bond motifs is 2. The zero-order chi connectivity index (χ0) is 19.2. The molecule has 1 atom stereocenters. The SMILES string of the molecule is Cc1nc(CC(=O)N2CCCC3(CCc4c3nc(N(C)C)[nH]c4=O)C2)cs1. The second kappa shape index (κ2) is 6.74. The molecule has 1 spiro atoms. The van der Waals surface area contributed by atoms with Gasteiger partial charge < -0.3 is 9.80 Å². The molecule has 1 aliphatic heterocycles. The molecule has 0 aromatic carbocycles. The van der Waals surface area contributed by atoms with Crippen LogP contribution in [0, 0.1) is 6.92 Å². The maximum Gasteiger partial charge on any atom is 0.255 e. The Kier molecular flexibility index (Phi) is 4.53. The van der Waals surface area contributed by atoms with Crippen LogP contribution >= 0.6 is 11.3 Å². The molecule has 7 nitrogen and oxygen atoms in total. The van der Waals surface area contributed by atoms with Crippen LogP contribution in [-0.4, -0.2) is 52.9 Å². The van der Waals surface area contributed by atoms with Crippen molar-refractivity contribution in [3.63, 3.8) is 0 Å². The molecule has 2 aromatic rings. The highest BCUT2D eigenvalue weighted by Crippen LogP contribution is 2.43. The van der Waals surface area contributed by atoms with Crippen LogP contribution in [0.4, 0.5) is 5.95 Å². The molecule has 1 amide bonds. The molecule has 1 aliphatic carbocycles. The summed E-state index contributed by atoms with van der Waals surface area (Å²) in [4.78, 5) is 41.2. The van der Waals surface area contributed by atoms with Crippen molar-refractivity contribution >= 4 is 23.2 Å². The van der Waals surface area contributed by atoms with Gasteiger partial charge >= 0.3 is 0 Å². The van der Waals surface area contributed by atoms with E-state index in [0.717, 1.165) is 54.2 Å². The van der Waals surface area contributed by atoms with E-state index < -0.39 is 0 Å². The first-order valence-corrected chi connectivity index (χ1v) is 10.3. The van der Waals surface area contributed by atoms with Crippen LogP contribution in [0.15, 0.2) is 10.2 Å². The number of thiazole rings is 1. The van der Waals surface area contributed by atoms with E-state index in [0.29, 0.717) is 18.9 Å². The number of amides is 1. The third-order valence-corrected chi connectivity index (χ3v) is 6.53. The third-order valence-electron chi connectivity index (χ3n) is 5.71. The molecule has 1 fully saturated rings. The summed E-state index contributed by atoms with van der Waals surface area (Å²) in [7, 11) is 3.75. The van der Waals surface area contributed by atoms with Crippen LogP contribution < -0.4 is 10.5 Å². The van der Waals surface area contributed by atoms with Crippen molar-refractivity contribution in [1.29, 1.82) is 0 Å². The average molecular weight is 388 g/mol. The van der Waals surface area contributed by atoms with Crippen LogP contribution in [0.5, 0.6) is 0 Å². The first-order chi connectivity index (χ1) is 12.9. The van der Waals surface area contributed by atoms with Crippen molar-refractivity contribution in [3.8, 4) is 0 Å². The fourth-order valence-corrected chi connectivity index (χ4v) is 4.96. The largest absolute Gasteiger partial charge is 0.348 e. The van der Waals surface area contributed by atoms with Gasteiger partial charge in [0.05, 0.1) is 22.8 Å². The first-order valence-electron chi connectivity index (χ1n) is 9.38. The van der Waals surface area contributed by atoms with Gasteiger partial charge in [-0.15, -0.1) is 11.3 Å². The van der Waals surface area contributed by atoms with Crippen LogP contribution in [0.25, 0.3) is 0 Å². The van der Waals surface area contributed by atoms with Crippen LogP contribution in [-0.2, 0) is 23.1 Å². The maximum absolute atomic E-state index is 12.9. The van der Waals surface area contributed by atoms with Gasteiger partial charge in [-0.25, -0.2) is 9.97 Å². The topological polar surface area (TPSA) is 82.2 Å². The van der Waals surface area contributed by atoms with Crippen molar-refractivity contribution in [2.24, 2.45) is 0 Å². The molecule has 27 heavy (non-hydrogen) atoms. The number of carbonyl (C=O) groups is 1. The van der Waals surface area contributed by atoms with E-state index in [2.05, 4.69) is 9.97 Å². The number of carbonyl (C=O) groups excluding carboxylic acids is 1. The number of aryl methyl sites for hydroxylation is 1. The minimum absolute atomic E-state index is 0.0398. The van der Waals surface area contributed by atoms with E-state index in [1.165, 1.54) is 0 Å². The summed E-state index contributed by atoms with van der Waals surface area (Å²) in [5, 5.41) is 2.94. The van der Waals surface area contributed by atoms with Crippen LogP contribution in [0.1, 0.15) is 41.2 Å². The molecule has 8 heteroatoms. The standard InChI is InChI=1S/C19H25N5O2S/c1-12-20-13(10-27-12)9-15(25)24-8-4-6-19(11-24)7-5-14-16(19)21-18(23(2)3)22-17(14)26/h10H,4-9,11H2,1-3H3,(H,21,22,26). The van der Waals surface area contributed by atoms with Gasteiger partial charge in [-0.1, -0.05) is 0 Å². The van der Waals surface area contributed by atoms with Gasteiger partial charge in [0.25, 0.3) is 5.56 Å². The summed E-state index contributed by atoms with van der Waals surface area (Å²) in [5.74, 6) is 0.701. The van der Waals surface area contributed by atoms with Crippen molar-refractivity contribution < 1.29 is 4.79 Å². The number of nitrogens with one attached hydrogen (secondary N) is 1. The monoisotopic (exact) mass is 387 g/mol. The van der Waals surface area contributed by atoms with Gasteiger partial charge in [0.15, 0.2) is 0 Å². The fraction of sp³-hybridized carbons (Fsp3) is 0.579. The molecule has 0 saturated carbocycles. The molecule has 2 aliphatic rings. The Hall–Kier alpha value is -2.22. The molecule has 144 valence electrons. The average Bonchev–Trinajstić information content (AvgIpc) is 3.19. The third kappa shape index (κ3) is 3.26. The number of hydrogen-bond donors (Lipinski definition) is 1. The summed E-state index contributed by atoms with van der Waals surface area (Å²) in [6, 6.07) is 0. The second-order valence-electron chi connectivity index (χ2n) is 7.84. The van der Waals surface area contributed by atoms with Gasteiger partial charge in [0, 0.05) is 43.5 Å². The lowest BCUT2D eigenvalue weighted by Gasteiger charge is -2.40. The summed E-state index contributed by atoms with van der Waals surface area (Å²) in [6.45, 7) is 3.36. The van der Waals surface area contributed by atoms with Crippen molar-refractivity contribution in [3.05, 3.63) is 37.7 Å². The molecule has 4 rings (SSSR count). The number of likely N-dealkylation sites (tertiary alicyclic amines) is 1. The van der Waals surface area contributed by atoms with E-state index in [1.54, 1.807) is 11.3 Å². The molecule has 0 bridgehead atoms. The van der Waals surface area contributed by atoms with Crippen LogP contribution in [0.2, 0.25) is 0 Å². The highest BCUT2D eigenvalue weighted by molar-refractivity contribution is 7.09. The molecular weight excluding hydrogens is 362 g/mol. The number of H-pyrrole nitrogens is 1. The van der Waals surface area contributed by atoms with Gasteiger partial charge in [-0.05, 0) is 32.6 Å². The van der Waals surface area contributed by atoms with Gasteiger partial charge in [0.2, 0.25) is 11.9 Å². The van der Waals surface area contributed by atoms with Gasteiger partial charge in [0.1, 0.15) is 0 Å². The Balaban J connectivity index is 1.60. The minimum atomic E-state index is -0.194. The van der Waals surface area contributed by atoms with Gasteiger partial charge in [-0.2, -0.15) is 0 Å². The van der Waals surface area contributed by atoms with Crippen molar-refractivity contribution in [2.45, 2.75) is 44.4 Å². The molecule has 1 unspecified atom stereocenters. The van der Waals surface area contributed by atoms with Gasteiger partial charge in [-0.3, -0.25) is 14.6 Å². The molecular formula is C19H25N5O2S. The summed E-state index contributed by atoms with van der Waals surface area (Å²) >= 11 is 1.57. The smallest absolute Gasteiger partial charge is 0.255 e. The zero-order valence-corrected chi connectivity index (χ0v) is 16.9. The molecule has 3 heterocycles. The van der Waals surface area contributed by atoms with E-state index in [4.69, 9.17) is 4.98 Å². The van der Waals surface area contributed by atoms with Crippen LogP contribution in [0.3, 0.4) is 0 Å². The zero-order valence-electron chi connectivity index (χ0n) is 16.0. The Labute approximate surface area is 162 Å². The van der Waals surface area contributed by atoms with E-state index >= 15 is 0 Å². The van der Waals surface area contributed by atoms with E-state index in [9.17, 15) is 9.59 Å². The highest BCUT2D eigenvalue weighted by atomic mass is 32.1. The lowest BCUT2D eigenvalue weighted by molar-refractivity contribution is -0.132. The lowest BCUT2D eigenvalue weighted by atomic mass is 9.77. The lowest BCUT2D eigenvalue weighted by Crippen LogP contribution is -2.48. The second-order valence-corrected chi connectivity index (χ2v) is 8.91. The van der Waals surface area contributed by atoms with E-state index in [1.807, 2.05) is 36.2 Å². The molecule has 2 aromatic heterocycles. The number of rotatable bonds is 3. The predicted octanol–water partition coefficient (Wildman–Crippen LogP) is 1.65. The number of piperidine rings is 1.